The number of rotatable bonds is 4. The fourth-order valence-corrected chi connectivity index (χ4v) is 3.63. The molecule has 0 amide bonds. The Bertz CT molecular complexity index is 1030. The van der Waals surface area contributed by atoms with Crippen molar-refractivity contribution in [3.63, 3.8) is 0 Å². The molecule has 2 nitrogen and oxygen atoms in total. The Morgan fingerprint density at radius 1 is 1.24 bits per heavy atom. The molecule has 1 aliphatic carbocycles. The summed E-state index contributed by atoms with van der Waals surface area (Å²) in [4.78, 5) is 4.86. The number of pyridine rings is 1. The first-order chi connectivity index (χ1) is 12.2. The van der Waals surface area contributed by atoms with Crippen LogP contribution >= 0.6 is 0 Å². The van der Waals surface area contributed by atoms with E-state index in [-0.39, 0.29) is 0 Å². The first-order valence-electron chi connectivity index (χ1n) is 8.97. The van der Waals surface area contributed by atoms with E-state index in [0.717, 1.165) is 29.7 Å². The minimum Gasteiger partial charge on any atom is -0.304 e. The van der Waals surface area contributed by atoms with Crippen molar-refractivity contribution in [1.82, 2.24) is 9.38 Å². The quantitative estimate of drug-likeness (QED) is 0.612. The highest BCUT2D eigenvalue weighted by Gasteiger charge is 2.19. The second-order valence-corrected chi connectivity index (χ2v) is 6.82. The number of nitrogens with zero attached hydrogens (tertiary/aromatic N) is 2. The van der Waals surface area contributed by atoms with Gasteiger partial charge in [0, 0.05) is 23.9 Å². The molecule has 0 radical (unpaired) electrons. The molecule has 0 saturated heterocycles. The van der Waals surface area contributed by atoms with Crippen LogP contribution in [0, 0.1) is 19.3 Å². The monoisotopic (exact) mass is 326 g/mol. The standard InChI is InChI=1S/C23H22N2/c1-4-6-7-18-8-9-19-14-21(15-20(19)12-18)23-16(3)25-11-10-17(5-2)13-22(25)24-23/h2,8-13,15H,4,6-7,14H2,1,3H3. The SMILES string of the molecule is C#Cc1ccn2c(C)c(C3=Cc4cc(CCCC)ccc4C3)nc2c1. The largest absolute Gasteiger partial charge is 0.304 e. The molecule has 0 N–H and O–H groups in total. The van der Waals surface area contributed by atoms with Crippen molar-refractivity contribution < 1.29 is 0 Å². The van der Waals surface area contributed by atoms with E-state index < -0.39 is 0 Å². The van der Waals surface area contributed by atoms with Crippen LogP contribution in [0.15, 0.2) is 36.5 Å². The summed E-state index contributed by atoms with van der Waals surface area (Å²) in [5.74, 6) is 2.69. The molecule has 124 valence electrons. The number of hydrogen-bond acceptors (Lipinski definition) is 1. The van der Waals surface area contributed by atoms with Gasteiger partial charge in [0.15, 0.2) is 0 Å². The van der Waals surface area contributed by atoms with Crippen LogP contribution in [0.4, 0.5) is 0 Å². The molecule has 0 bridgehead atoms. The van der Waals surface area contributed by atoms with Gasteiger partial charge in [-0.1, -0.05) is 37.5 Å². The molecule has 0 spiro atoms. The highest BCUT2D eigenvalue weighted by molar-refractivity contribution is 5.88. The number of fused-ring (bicyclic) bond motifs is 2. The molecular formula is C23H22N2. The first kappa shape index (κ1) is 15.7. The summed E-state index contributed by atoms with van der Waals surface area (Å²) < 4.78 is 2.12. The molecule has 4 rings (SSSR count). The molecular weight excluding hydrogens is 304 g/mol. The van der Waals surface area contributed by atoms with Gasteiger partial charge in [-0.05, 0) is 60.2 Å². The predicted molar refractivity (Wildman–Crippen MR) is 104 cm³/mol. The predicted octanol–water partition coefficient (Wildman–Crippen LogP) is 5.06. The Morgan fingerprint density at radius 2 is 2.12 bits per heavy atom. The third kappa shape index (κ3) is 2.76. The van der Waals surface area contributed by atoms with Crippen LogP contribution in [-0.2, 0) is 12.8 Å². The van der Waals surface area contributed by atoms with Gasteiger partial charge in [-0.25, -0.2) is 4.98 Å². The van der Waals surface area contributed by atoms with Crippen LogP contribution in [0.2, 0.25) is 0 Å². The van der Waals surface area contributed by atoms with E-state index in [0.29, 0.717) is 0 Å². The molecule has 2 heteroatoms. The lowest BCUT2D eigenvalue weighted by Crippen LogP contribution is -1.91. The summed E-state index contributed by atoms with van der Waals surface area (Å²) in [6, 6.07) is 10.8. The zero-order chi connectivity index (χ0) is 17.4. The molecule has 25 heavy (non-hydrogen) atoms. The van der Waals surface area contributed by atoms with Crippen molar-refractivity contribution in [2.45, 2.75) is 39.5 Å². The number of benzene rings is 1. The topological polar surface area (TPSA) is 17.3 Å². The Morgan fingerprint density at radius 3 is 2.92 bits per heavy atom. The molecule has 3 aromatic rings. The Hall–Kier alpha value is -2.79. The number of aromatic nitrogens is 2. The van der Waals surface area contributed by atoms with Crippen LogP contribution in [-0.4, -0.2) is 9.38 Å². The third-order valence-corrected chi connectivity index (χ3v) is 5.08. The minimum atomic E-state index is 0.869. The summed E-state index contributed by atoms with van der Waals surface area (Å²) in [5, 5.41) is 0. The van der Waals surface area contributed by atoms with Crippen molar-refractivity contribution in [3.05, 3.63) is 70.2 Å². The average molecular weight is 326 g/mol. The van der Waals surface area contributed by atoms with E-state index in [1.54, 1.807) is 0 Å². The summed E-state index contributed by atoms with van der Waals surface area (Å²) in [6.45, 7) is 4.37. The van der Waals surface area contributed by atoms with Crippen molar-refractivity contribution in [3.8, 4) is 12.3 Å². The van der Waals surface area contributed by atoms with E-state index in [4.69, 9.17) is 11.4 Å². The second kappa shape index (κ2) is 6.26. The van der Waals surface area contributed by atoms with Crippen LogP contribution in [0.1, 0.15) is 53.4 Å². The number of terminal acetylenes is 1. The smallest absolute Gasteiger partial charge is 0.138 e. The van der Waals surface area contributed by atoms with Crippen LogP contribution in [0.3, 0.4) is 0 Å². The third-order valence-electron chi connectivity index (χ3n) is 5.08. The van der Waals surface area contributed by atoms with Gasteiger partial charge in [-0.2, -0.15) is 0 Å². The zero-order valence-electron chi connectivity index (χ0n) is 14.8. The van der Waals surface area contributed by atoms with Crippen molar-refractivity contribution >= 4 is 17.3 Å². The maximum atomic E-state index is 5.52. The molecule has 1 aliphatic rings. The van der Waals surface area contributed by atoms with Gasteiger partial charge in [0.1, 0.15) is 5.65 Å². The number of allylic oxidation sites excluding steroid dienone is 1. The average Bonchev–Trinajstić information content (AvgIpc) is 3.20. The van der Waals surface area contributed by atoms with Crippen molar-refractivity contribution in [2.75, 3.05) is 0 Å². The molecule has 0 saturated carbocycles. The van der Waals surface area contributed by atoms with Crippen molar-refractivity contribution in [2.24, 2.45) is 0 Å². The molecule has 0 fully saturated rings. The van der Waals surface area contributed by atoms with Gasteiger partial charge in [-0.3, -0.25) is 0 Å². The summed E-state index contributed by atoms with van der Waals surface area (Å²) in [5.41, 5.74) is 9.52. The summed E-state index contributed by atoms with van der Waals surface area (Å²) >= 11 is 0. The van der Waals surface area contributed by atoms with Crippen LogP contribution < -0.4 is 0 Å². The normalized spacial score (nSPS) is 12.9. The Kier molecular flexibility index (Phi) is 3.93. The Labute approximate surface area is 149 Å². The van der Waals surface area contributed by atoms with Gasteiger partial charge < -0.3 is 4.40 Å². The Balaban J connectivity index is 1.71. The number of imidazole rings is 1. The van der Waals surface area contributed by atoms with E-state index in [2.05, 4.69) is 48.4 Å². The van der Waals surface area contributed by atoms with E-state index >= 15 is 0 Å². The van der Waals surface area contributed by atoms with Gasteiger partial charge in [0.05, 0.1) is 5.69 Å². The lowest BCUT2D eigenvalue weighted by molar-refractivity contribution is 0.795. The maximum absolute atomic E-state index is 5.52. The highest BCUT2D eigenvalue weighted by Crippen LogP contribution is 2.33. The molecule has 0 aliphatic heterocycles. The number of unbranched alkanes of at least 4 members (excludes halogenated alkanes) is 1. The second-order valence-electron chi connectivity index (χ2n) is 6.82. The lowest BCUT2D eigenvalue weighted by Gasteiger charge is -2.03. The molecule has 0 atom stereocenters. The van der Waals surface area contributed by atoms with Gasteiger partial charge in [0.2, 0.25) is 0 Å². The molecule has 2 aromatic heterocycles. The van der Waals surface area contributed by atoms with E-state index in [1.807, 2.05) is 18.3 Å². The zero-order valence-corrected chi connectivity index (χ0v) is 14.8. The lowest BCUT2D eigenvalue weighted by atomic mass is 10.0. The van der Waals surface area contributed by atoms with Gasteiger partial charge in [0.25, 0.3) is 0 Å². The summed E-state index contributed by atoms with van der Waals surface area (Å²) in [7, 11) is 0. The number of hydrogen-bond donors (Lipinski definition) is 0. The van der Waals surface area contributed by atoms with Gasteiger partial charge in [-0.15, -0.1) is 6.42 Å². The minimum absolute atomic E-state index is 0.869. The maximum Gasteiger partial charge on any atom is 0.138 e. The number of aryl methyl sites for hydroxylation is 2. The molecule has 0 unspecified atom stereocenters. The highest BCUT2D eigenvalue weighted by atomic mass is 15.0. The van der Waals surface area contributed by atoms with Crippen LogP contribution in [0.25, 0.3) is 17.3 Å². The molecule has 2 heterocycles. The molecule has 1 aromatic carbocycles. The van der Waals surface area contributed by atoms with E-state index in [1.165, 1.54) is 40.8 Å². The van der Waals surface area contributed by atoms with Crippen LogP contribution in [0.5, 0.6) is 0 Å². The fraction of sp³-hybridized carbons (Fsp3) is 0.261. The first-order valence-corrected chi connectivity index (χ1v) is 8.97. The van der Waals surface area contributed by atoms with Gasteiger partial charge >= 0.3 is 0 Å². The fourth-order valence-electron chi connectivity index (χ4n) is 3.63. The van der Waals surface area contributed by atoms with Crippen molar-refractivity contribution in [1.29, 1.82) is 0 Å². The van der Waals surface area contributed by atoms with E-state index in [9.17, 15) is 0 Å². The summed E-state index contributed by atoms with van der Waals surface area (Å²) in [6.07, 6.45) is 14.4.